The fourth-order valence-corrected chi connectivity index (χ4v) is 4.46. The maximum absolute atomic E-state index is 10.1. The van der Waals surface area contributed by atoms with E-state index in [-0.39, 0.29) is 5.84 Å². The lowest BCUT2D eigenvalue weighted by Crippen LogP contribution is -2.89. The first-order valence-electron chi connectivity index (χ1n) is 8.39. The molecule has 1 aromatic carbocycles. The molecule has 0 amide bonds. The Bertz CT molecular complexity index is 880. The molecule has 0 aromatic heterocycles. The number of nitriles is 2. The Labute approximate surface area is 150 Å². The third-order valence-corrected chi connectivity index (χ3v) is 5.52. The number of ether oxygens (including phenoxy) is 4. The van der Waals surface area contributed by atoms with E-state index in [2.05, 4.69) is 17.1 Å². The minimum absolute atomic E-state index is 0.196. The standard InChI is InChI=1S/C18H18N4O4/c1-3-24-12-5-4-11(8-13(12)23-2)14-16(9-19)15(21)22-18(17(14,16)10-20)25-6-7-26-18/h4-5,8,14H,3,6-7H2,1-2H3,(H2,21,22)/p+1/t14-,16+,17+/m0/s1. The van der Waals surface area contributed by atoms with Gasteiger partial charge in [-0.3, -0.25) is 5.73 Å². The van der Waals surface area contributed by atoms with E-state index < -0.39 is 22.7 Å². The molecule has 1 spiro atoms. The van der Waals surface area contributed by atoms with Gasteiger partial charge in [0, 0.05) is 5.92 Å². The van der Waals surface area contributed by atoms with Gasteiger partial charge >= 0.3 is 5.91 Å². The third kappa shape index (κ3) is 1.61. The zero-order chi connectivity index (χ0) is 18.6. The first kappa shape index (κ1) is 16.6. The van der Waals surface area contributed by atoms with Crippen LogP contribution in [0.1, 0.15) is 18.4 Å². The summed E-state index contributed by atoms with van der Waals surface area (Å²) >= 11 is 0. The number of hydrogen-bond acceptors (Lipinski definition) is 7. The van der Waals surface area contributed by atoms with E-state index in [1.807, 2.05) is 13.0 Å². The van der Waals surface area contributed by atoms with Gasteiger partial charge in [-0.05, 0) is 24.6 Å². The third-order valence-electron chi connectivity index (χ3n) is 5.52. The largest absolute Gasteiger partial charge is 0.493 e. The van der Waals surface area contributed by atoms with Crippen molar-refractivity contribution >= 4 is 5.84 Å². The summed E-state index contributed by atoms with van der Waals surface area (Å²) in [6, 6.07) is 9.92. The lowest BCUT2D eigenvalue weighted by molar-refractivity contribution is -0.676. The first-order valence-corrected chi connectivity index (χ1v) is 8.39. The molecule has 0 bridgehead atoms. The molecule has 2 fully saturated rings. The Balaban J connectivity index is 1.85. The number of nitrogens with zero attached hydrogens (tertiary/aromatic N) is 2. The summed E-state index contributed by atoms with van der Waals surface area (Å²) in [6.07, 6.45) is 0. The van der Waals surface area contributed by atoms with Gasteiger partial charge in [0.05, 0.1) is 39.1 Å². The van der Waals surface area contributed by atoms with Crippen molar-refractivity contribution in [3.8, 4) is 23.6 Å². The summed E-state index contributed by atoms with van der Waals surface area (Å²) < 4.78 is 22.5. The van der Waals surface area contributed by atoms with Gasteiger partial charge in [-0.15, -0.1) is 0 Å². The zero-order valence-corrected chi connectivity index (χ0v) is 14.5. The van der Waals surface area contributed by atoms with Crippen molar-refractivity contribution in [2.75, 3.05) is 26.9 Å². The molecule has 3 atom stereocenters. The second kappa shape index (κ2) is 5.34. The average molecular weight is 355 g/mol. The highest BCUT2D eigenvalue weighted by atomic mass is 16.8. The minimum atomic E-state index is -1.40. The molecule has 134 valence electrons. The monoisotopic (exact) mass is 355 g/mol. The fourth-order valence-electron chi connectivity index (χ4n) is 4.46. The van der Waals surface area contributed by atoms with Crippen LogP contribution >= 0.6 is 0 Å². The van der Waals surface area contributed by atoms with Gasteiger partial charge < -0.3 is 18.9 Å². The van der Waals surface area contributed by atoms with Crippen LogP contribution < -0.4 is 20.2 Å². The molecular formula is C18H19N4O4+. The smallest absolute Gasteiger partial charge is 0.343 e. The van der Waals surface area contributed by atoms with Crippen LogP contribution in [0.2, 0.25) is 0 Å². The van der Waals surface area contributed by atoms with Crippen LogP contribution in [0.5, 0.6) is 11.5 Å². The van der Waals surface area contributed by atoms with Crippen LogP contribution in [0.3, 0.4) is 0 Å². The number of rotatable bonds is 4. The molecule has 2 heterocycles. The van der Waals surface area contributed by atoms with Crippen molar-refractivity contribution < 1.29 is 23.9 Å². The van der Waals surface area contributed by atoms with Gasteiger partial charge in [0.2, 0.25) is 0 Å². The van der Waals surface area contributed by atoms with Gasteiger partial charge in [0.25, 0.3) is 5.84 Å². The molecule has 1 saturated heterocycles. The lowest BCUT2D eigenvalue weighted by Gasteiger charge is -2.23. The van der Waals surface area contributed by atoms with Crippen LogP contribution in [0, 0.1) is 33.5 Å². The Morgan fingerprint density at radius 3 is 2.58 bits per heavy atom. The molecule has 1 aliphatic carbocycles. The number of hydrogen-bond donors (Lipinski definition) is 2. The van der Waals surface area contributed by atoms with E-state index in [9.17, 15) is 10.5 Å². The molecule has 8 heteroatoms. The highest BCUT2D eigenvalue weighted by Crippen LogP contribution is 2.79. The van der Waals surface area contributed by atoms with Gasteiger partial charge in [0.1, 0.15) is 0 Å². The highest BCUT2D eigenvalue weighted by molar-refractivity contribution is 5.95. The van der Waals surface area contributed by atoms with E-state index in [1.165, 1.54) is 0 Å². The summed E-state index contributed by atoms with van der Waals surface area (Å²) in [5.74, 6) is -0.586. The van der Waals surface area contributed by atoms with Crippen LogP contribution in [0.4, 0.5) is 0 Å². The molecule has 3 N–H and O–H groups in total. The molecule has 0 unspecified atom stereocenters. The Morgan fingerprint density at radius 1 is 1.27 bits per heavy atom. The number of nitrogens with two attached hydrogens (primary N) is 1. The summed E-state index contributed by atoms with van der Waals surface area (Å²) in [4.78, 5) is 2.92. The van der Waals surface area contributed by atoms with E-state index in [0.29, 0.717) is 31.3 Å². The Kier molecular flexibility index (Phi) is 3.42. The number of benzene rings is 1. The predicted octanol–water partition coefficient (Wildman–Crippen LogP) is -0.637. The molecule has 2 aliphatic heterocycles. The van der Waals surface area contributed by atoms with Crippen molar-refractivity contribution in [2.24, 2.45) is 16.6 Å². The molecule has 0 radical (unpaired) electrons. The fraction of sp³-hybridized carbons (Fsp3) is 0.500. The van der Waals surface area contributed by atoms with Crippen LogP contribution in [-0.4, -0.2) is 38.7 Å². The summed E-state index contributed by atoms with van der Waals surface area (Å²) in [7, 11) is 1.54. The minimum Gasteiger partial charge on any atom is -0.493 e. The number of fused-ring (bicyclic) bond motifs is 2. The Hall–Kier alpha value is -2.81. The highest BCUT2D eigenvalue weighted by Gasteiger charge is 2.97. The normalized spacial score (nSPS) is 33.1. The predicted molar refractivity (Wildman–Crippen MR) is 87.8 cm³/mol. The van der Waals surface area contributed by atoms with Crippen molar-refractivity contribution in [2.45, 2.75) is 18.8 Å². The maximum atomic E-state index is 10.1. The molecule has 4 rings (SSSR count). The Morgan fingerprint density at radius 2 is 2.00 bits per heavy atom. The quantitative estimate of drug-likeness (QED) is 0.736. The summed E-state index contributed by atoms with van der Waals surface area (Å²) in [5.41, 5.74) is 4.42. The van der Waals surface area contributed by atoms with Gasteiger partial charge in [0.15, 0.2) is 22.3 Å². The second-order valence-electron chi connectivity index (χ2n) is 6.47. The molecule has 26 heavy (non-hydrogen) atoms. The van der Waals surface area contributed by atoms with Crippen molar-refractivity contribution in [3.63, 3.8) is 0 Å². The number of nitrogens with one attached hydrogen (secondary N) is 1. The SMILES string of the molecule is CCOc1ccc([C@H]2[C@]3(C#N)C(N)=[NH+]C4(OCCO4)[C@]23C#N)cc1OC. The molecule has 8 nitrogen and oxygen atoms in total. The van der Waals surface area contributed by atoms with Crippen molar-refractivity contribution in [3.05, 3.63) is 23.8 Å². The van der Waals surface area contributed by atoms with E-state index in [0.717, 1.165) is 5.56 Å². The van der Waals surface area contributed by atoms with Crippen LogP contribution in [0.25, 0.3) is 0 Å². The van der Waals surface area contributed by atoms with Gasteiger partial charge in [-0.25, -0.2) is 4.99 Å². The molecule has 3 aliphatic rings. The van der Waals surface area contributed by atoms with Crippen molar-refractivity contribution in [1.29, 1.82) is 10.5 Å². The maximum Gasteiger partial charge on any atom is 0.343 e. The number of amidine groups is 1. The molecule has 1 aromatic rings. The lowest BCUT2D eigenvalue weighted by atomic mass is 9.94. The van der Waals surface area contributed by atoms with E-state index in [4.69, 9.17) is 24.7 Å². The number of methoxy groups -OCH3 is 1. The molecule has 1 saturated carbocycles. The molecular weight excluding hydrogens is 336 g/mol. The van der Waals surface area contributed by atoms with E-state index in [1.54, 1.807) is 19.2 Å². The average Bonchev–Trinajstić information content (AvgIpc) is 2.90. The topological polar surface area (TPSA) is 124 Å². The first-order chi connectivity index (χ1) is 12.6. The van der Waals surface area contributed by atoms with Gasteiger partial charge in [-0.2, -0.15) is 10.5 Å². The van der Waals surface area contributed by atoms with Crippen molar-refractivity contribution in [1.82, 2.24) is 0 Å². The van der Waals surface area contributed by atoms with E-state index >= 15 is 0 Å². The zero-order valence-electron chi connectivity index (χ0n) is 14.5. The second-order valence-corrected chi connectivity index (χ2v) is 6.47. The summed E-state index contributed by atoms with van der Waals surface area (Å²) in [6.45, 7) is 3.03. The summed E-state index contributed by atoms with van der Waals surface area (Å²) in [5, 5.41) is 20.0. The van der Waals surface area contributed by atoms with Gasteiger partial charge in [-0.1, -0.05) is 6.07 Å². The van der Waals surface area contributed by atoms with Crippen LogP contribution in [0.15, 0.2) is 18.2 Å². The van der Waals surface area contributed by atoms with Crippen LogP contribution in [-0.2, 0) is 9.47 Å².